The van der Waals surface area contributed by atoms with E-state index in [9.17, 15) is 8.78 Å². The van der Waals surface area contributed by atoms with Crippen LogP contribution in [0.5, 0.6) is 11.6 Å². The molecule has 1 heterocycles. The molecule has 0 amide bonds. The van der Waals surface area contributed by atoms with Gasteiger partial charge in [0.15, 0.2) is 0 Å². The first-order chi connectivity index (χ1) is 9.58. The van der Waals surface area contributed by atoms with Crippen molar-refractivity contribution in [3.05, 3.63) is 41.6 Å². The molecule has 0 radical (unpaired) electrons. The normalized spacial score (nSPS) is 10.4. The molecule has 2 rings (SSSR count). The Hall–Kier alpha value is -2.24. The zero-order valence-corrected chi connectivity index (χ0v) is 11.3. The van der Waals surface area contributed by atoms with Crippen LogP contribution in [-0.2, 0) is 0 Å². The SMILES string of the molecule is CCCNc1ncc(C)c(Oc2cc(F)cc(F)c2)n1. The summed E-state index contributed by atoms with van der Waals surface area (Å²) < 4.78 is 31.6. The number of benzene rings is 1. The molecule has 0 atom stereocenters. The van der Waals surface area contributed by atoms with Crippen molar-refractivity contribution in [3.8, 4) is 11.6 Å². The molecule has 2 aromatic rings. The van der Waals surface area contributed by atoms with Crippen molar-refractivity contribution in [2.45, 2.75) is 20.3 Å². The number of hydrogen-bond acceptors (Lipinski definition) is 4. The highest BCUT2D eigenvalue weighted by Crippen LogP contribution is 2.24. The second kappa shape index (κ2) is 6.27. The lowest BCUT2D eigenvalue weighted by atomic mass is 10.3. The number of ether oxygens (including phenoxy) is 1. The van der Waals surface area contributed by atoms with E-state index in [2.05, 4.69) is 15.3 Å². The lowest BCUT2D eigenvalue weighted by Gasteiger charge is -2.09. The minimum atomic E-state index is -0.698. The highest BCUT2D eigenvalue weighted by atomic mass is 19.1. The molecule has 106 valence electrons. The van der Waals surface area contributed by atoms with Crippen LogP contribution in [0, 0.1) is 18.6 Å². The minimum Gasteiger partial charge on any atom is -0.438 e. The number of nitrogens with one attached hydrogen (secondary N) is 1. The van der Waals surface area contributed by atoms with Crippen LogP contribution in [-0.4, -0.2) is 16.5 Å². The molecule has 4 nitrogen and oxygen atoms in total. The predicted octanol–water partition coefficient (Wildman–Crippen LogP) is 3.68. The fourth-order valence-electron chi connectivity index (χ4n) is 1.55. The first-order valence-electron chi connectivity index (χ1n) is 6.30. The molecule has 0 aliphatic rings. The highest BCUT2D eigenvalue weighted by molar-refractivity contribution is 5.36. The largest absolute Gasteiger partial charge is 0.438 e. The molecule has 1 N–H and O–H groups in total. The Morgan fingerprint density at radius 1 is 1.20 bits per heavy atom. The van der Waals surface area contributed by atoms with Gasteiger partial charge in [-0.05, 0) is 13.3 Å². The van der Waals surface area contributed by atoms with Crippen molar-refractivity contribution in [1.82, 2.24) is 9.97 Å². The molecule has 1 aromatic heterocycles. The quantitative estimate of drug-likeness (QED) is 0.907. The molecule has 0 fully saturated rings. The van der Waals surface area contributed by atoms with E-state index in [1.165, 1.54) is 0 Å². The average Bonchev–Trinajstić information content (AvgIpc) is 2.38. The standard InChI is InChI=1S/C14H15F2N3O/c1-3-4-17-14-18-8-9(2)13(19-14)20-12-6-10(15)5-11(16)7-12/h5-8H,3-4H2,1-2H3,(H,17,18,19). The fourth-order valence-corrected chi connectivity index (χ4v) is 1.55. The number of halogens is 2. The van der Waals surface area contributed by atoms with Crippen LogP contribution in [0.4, 0.5) is 14.7 Å². The summed E-state index contributed by atoms with van der Waals surface area (Å²) in [6.07, 6.45) is 2.53. The molecular formula is C14H15F2N3O. The summed E-state index contributed by atoms with van der Waals surface area (Å²) in [5.41, 5.74) is 0.678. The van der Waals surface area contributed by atoms with E-state index >= 15 is 0 Å². The molecule has 1 aromatic carbocycles. The number of anilines is 1. The molecule has 0 saturated carbocycles. The molecule has 0 unspecified atom stereocenters. The van der Waals surface area contributed by atoms with Crippen LogP contribution in [0.2, 0.25) is 0 Å². The molecule has 20 heavy (non-hydrogen) atoms. The van der Waals surface area contributed by atoms with Gasteiger partial charge in [-0.1, -0.05) is 6.92 Å². The Kier molecular flexibility index (Phi) is 4.45. The Balaban J connectivity index is 2.23. The van der Waals surface area contributed by atoms with Crippen molar-refractivity contribution in [2.24, 2.45) is 0 Å². The van der Waals surface area contributed by atoms with Gasteiger partial charge in [-0.3, -0.25) is 0 Å². The number of aryl methyl sites for hydroxylation is 1. The maximum atomic E-state index is 13.1. The lowest BCUT2D eigenvalue weighted by molar-refractivity contribution is 0.447. The molecule has 6 heteroatoms. The second-order valence-electron chi connectivity index (χ2n) is 4.32. The number of aromatic nitrogens is 2. The van der Waals surface area contributed by atoms with Crippen LogP contribution in [0.3, 0.4) is 0 Å². The van der Waals surface area contributed by atoms with Crippen molar-refractivity contribution >= 4 is 5.95 Å². The summed E-state index contributed by atoms with van der Waals surface area (Å²) in [6, 6.07) is 2.99. The van der Waals surface area contributed by atoms with E-state index in [0.29, 0.717) is 11.5 Å². The second-order valence-corrected chi connectivity index (χ2v) is 4.32. The van der Waals surface area contributed by atoms with Gasteiger partial charge in [-0.25, -0.2) is 13.8 Å². The maximum absolute atomic E-state index is 13.1. The van der Waals surface area contributed by atoms with Gasteiger partial charge in [-0.2, -0.15) is 4.98 Å². The molecular weight excluding hydrogens is 264 g/mol. The van der Waals surface area contributed by atoms with Crippen LogP contribution in [0.25, 0.3) is 0 Å². The van der Waals surface area contributed by atoms with Gasteiger partial charge in [0.1, 0.15) is 17.4 Å². The smallest absolute Gasteiger partial charge is 0.226 e. The third kappa shape index (κ3) is 3.63. The summed E-state index contributed by atoms with van der Waals surface area (Å²) in [4.78, 5) is 8.28. The van der Waals surface area contributed by atoms with Crippen molar-refractivity contribution in [3.63, 3.8) is 0 Å². The third-order valence-corrected chi connectivity index (χ3v) is 2.51. The van der Waals surface area contributed by atoms with Gasteiger partial charge in [0.25, 0.3) is 0 Å². The predicted molar refractivity (Wildman–Crippen MR) is 72.0 cm³/mol. The molecule has 0 saturated heterocycles. The van der Waals surface area contributed by atoms with E-state index in [1.54, 1.807) is 13.1 Å². The molecule has 0 aliphatic heterocycles. The van der Waals surface area contributed by atoms with Crippen LogP contribution in [0.15, 0.2) is 24.4 Å². The summed E-state index contributed by atoms with van der Waals surface area (Å²) >= 11 is 0. The lowest BCUT2D eigenvalue weighted by Crippen LogP contribution is -2.05. The minimum absolute atomic E-state index is 0.0609. The van der Waals surface area contributed by atoms with Gasteiger partial charge < -0.3 is 10.1 Å². The van der Waals surface area contributed by atoms with Gasteiger partial charge in [0, 0.05) is 36.5 Å². The molecule has 0 aliphatic carbocycles. The van der Waals surface area contributed by atoms with E-state index in [4.69, 9.17) is 4.74 Å². The van der Waals surface area contributed by atoms with Crippen LogP contribution >= 0.6 is 0 Å². The monoisotopic (exact) mass is 279 g/mol. The van der Waals surface area contributed by atoms with Crippen molar-refractivity contribution in [2.75, 3.05) is 11.9 Å². The van der Waals surface area contributed by atoms with Gasteiger partial charge in [0.2, 0.25) is 11.8 Å². The zero-order chi connectivity index (χ0) is 14.5. The zero-order valence-electron chi connectivity index (χ0n) is 11.3. The van der Waals surface area contributed by atoms with Crippen molar-refractivity contribution in [1.29, 1.82) is 0 Å². The molecule has 0 spiro atoms. The third-order valence-electron chi connectivity index (χ3n) is 2.51. The Morgan fingerprint density at radius 3 is 2.55 bits per heavy atom. The summed E-state index contributed by atoms with van der Waals surface area (Å²) in [5, 5.41) is 3.02. The first-order valence-corrected chi connectivity index (χ1v) is 6.30. The number of nitrogens with zero attached hydrogens (tertiary/aromatic N) is 2. The fraction of sp³-hybridized carbons (Fsp3) is 0.286. The van der Waals surface area contributed by atoms with E-state index in [1.807, 2.05) is 6.92 Å². The van der Waals surface area contributed by atoms with Gasteiger partial charge in [-0.15, -0.1) is 0 Å². The van der Waals surface area contributed by atoms with E-state index < -0.39 is 11.6 Å². The summed E-state index contributed by atoms with van der Waals surface area (Å²) in [7, 11) is 0. The maximum Gasteiger partial charge on any atom is 0.226 e. The van der Waals surface area contributed by atoms with Gasteiger partial charge in [0.05, 0.1) is 0 Å². The first kappa shape index (κ1) is 14.2. The Morgan fingerprint density at radius 2 is 1.90 bits per heavy atom. The van der Waals surface area contributed by atoms with E-state index in [0.717, 1.165) is 31.2 Å². The molecule has 0 bridgehead atoms. The topological polar surface area (TPSA) is 47.0 Å². The van der Waals surface area contributed by atoms with Crippen LogP contribution < -0.4 is 10.1 Å². The Bertz CT molecular complexity index is 585. The average molecular weight is 279 g/mol. The Labute approximate surface area is 115 Å². The summed E-state index contributed by atoms with van der Waals surface area (Å²) in [6.45, 7) is 4.51. The number of hydrogen-bond donors (Lipinski definition) is 1. The summed E-state index contributed by atoms with van der Waals surface area (Å²) in [5.74, 6) is -0.647. The van der Waals surface area contributed by atoms with Crippen LogP contribution in [0.1, 0.15) is 18.9 Å². The van der Waals surface area contributed by atoms with Gasteiger partial charge >= 0.3 is 0 Å². The van der Waals surface area contributed by atoms with Crippen molar-refractivity contribution < 1.29 is 13.5 Å². The number of rotatable bonds is 5. The highest BCUT2D eigenvalue weighted by Gasteiger charge is 2.08. The van der Waals surface area contributed by atoms with E-state index in [-0.39, 0.29) is 11.6 Å².